The van der Waals surface area contributed by atoms with Crippen molar-refractivity contribution < 1.29 is 0 Å². The van der Waals surface area contributed by atoms with Crippen molar-refractivity contribution in [1.29, 1.82) is 0 Å². The van der Waals surface area contributed by atoms with Gasteiger partial charge in [0.05, 0.1) is 11.0 Å². The third-order valence-electron chi connectivity index (χ3n) is 7.07. The highest BCUT2D eigenvalue weighted by atomic mass is 35.5. The van der Waals surface area contributed by atoms with Crippen molar-refractivity contribution in [3.63, 3.8) is 0 Å². The molecule has 0 N–H and O–H groups in total. The maximum atomic E-state index is 6.15. The molecule has 0 fully saturated rings. The summed E-state index contributed by atoms with van der Waals surface area (Å²) >= 11 is 7.94. The van der Waals surface area contributed by atoms with Crippen molar-refractivity contribution in [2.45, 2.75) is 6.92 Å². The first kappa shape index (κ1) is 25.2. The summed E-state index contributed by atoms with van der Waals surface area (Å²) in [5.41, 5.74) is 9.49. The van der Waals surface area contributed by atoms with Crippen LogP contribution in [0.5, 0.6) is 0 Å². The Morgan fingerprint density at radius 2 is 1.56 bits per heavy atom. The van der Waals surface area contributed by atoms with Crippen molar-refractivity contribution in [1.82, 2.24) is 4.57 Å². The fourth-order valence-electron chi connectivity index (χ4n) is 5.13. The zero-order valence-electron chi connectivity index (χ0n) is 22.0. The van der Waals surface area contributed by atoms with Crippen LogP contribution in [0.15, 0.2) is 128 Å². The Hall–Kier alpha value is -4.05. The molecule has 0 unspecified atom stereocenters. The second-order valence-electron chi connectivity index (χ2n) is 9.66. The fraction of sp³-hybridized carbons (Fsp3) is 0.0286. The molecule has 4 aromatic carbocycles. The molecule has 0 atom stereocenters. The molecule has 39 heavy (non-hydrogen) atoms. The van der Waals surface area contributed by atoms with E-state index in [9.17, 15) is 0 Å². The van der Waals surface area contributed by atoms with E-state index < -0.39 is 0 Å². The predicted molar refractivity (Wildman–Crippen MR) is 176 cm³/mol. The molecule has 0 saturated carbocycles. The molecular formula is C35H27BClNS. The zero-order chi connectivity index (χ0) is 26.9. The molecule has 0 radical (unpaired) electrons. The highest BCUT2D eigenvalue weighted by Crippen LogP contribution is 2.37. The van der Waals surface area contributed by atoms with Crippen LogP contribution in [-0.4, -0.2) is 12.4 Å². The van der Waals surface area contributed by atoms with E-state index in [2.05, 4.69) is 116 Å². The van der Waals surface area contributed by atoms with Gasteiger partial charge in [0.2, 0.25) is 0 Å². The first-order valence-electron chi connectivity index (χ1n) is 13.0. The summed E-state index contributed by atoms with van der Waals surface area (Å²) in [6.07, 6.45) is 8.12. The van der Waals surface area contributed by atoms with Crippen molar-refractivity contribution in [2.24, 2.45) is 0 Å². The largest absolute Gasteiger partial charge is 0.309 e. The maximum Gasteiger partial charge on any atom is 0.139 e. The molecule has 1 nitrogen and oxygen atoms in total. The van der Waals surface area contributed by atoms with Gasteiger partial charge in [0.15, 0.2) is 0 Å². The van der Waals surface area contributed by atoms with Crippen molar-refractivity contribution in [3.8, 4) is 27.3 Å². The van der Waals surface area contributed by atoms with Gasteiger partial charge in [-0.1, -0.05) is 90.4 Å². The standard InChI is InChI=1S/C35H27BClNS/c1-3-5-7-23(4-2)34-18-19-35(39-34)26-8-6-9-29(20-26)38-32-16-12-25(24-10-14-28(37)15-11-24)21-30(32)31-22-27(36)13-17-33(31)38/h3-22H,2,36H2,1H3/b5-3-,23-7+. The highest BCUT2D eigenvalue weighted by molar-refractivity contribution is 7.16. The van der Waals surface area contributed by atoms with Crippen molar-refractivity contribution in [2.75, 3.05) is 0 Å². The van der Waals surface area contributed by atoms with Gasteiger partial charge in [-0.25, -0.2) is 0 Å². The molecule has 0 saturated heterocycles. The average Bonchev–Trinajstić information content (AvgIpc) is 3.57. The molecule has 0 amide bonds. The summed E-state index contributed by atoms with van der Waals surface area (Å²) in [5.74, 6) is 0. The van der Waals surface area contributed by atoms with Gasteiger partial charge in [-0.05, 0) is 83.8 Å². The lowest BCUT2D eigenvalue weighted by Crippen LogP contribution is -2.00. The third kappa shape index (κ3) is 4.80. The second-order valence-corrected chi connectivity index (χ2v) is 11.2. The molecule has 0 spiro atoms. The number of thiophene rings is 1. The number of fused-ring (bicyclic) bond motifs is 3. The first-order valence-corrected chi connectivity index (χ1v) is 14.2. The predicted octanol–water partition coefficient (Wildman–Crippen LogP) is 9.24. The average molecular weight is 540 g/mol. The molecule has 0 bridgehead atoms. The normalized spacial score (nSPS) is 12.1. The van der Waals surface area contributed by atoms with Crippen LogP contribution in [0.2, 0.25) is 5.02 Å². The van der Waals surface area contributed by atoms with Crippen LogP contribution in [0.4, 0.5) is 0 Å². The number of hydrogen-bond donors (Lipinski definition) is 0. The SMILES string of the molecule is Bc1ccc2c(c1)c1cc(-c3ccc(Cl)cc3)ccc1n2-c1cccc(-c2ccc(/C(C=C)=C/C=C\C)s2)c1. The number of nitrogens with zero attached hydrogens (tertiary/aromatic N) is 1. The van der Waals surface area contributed by atoms with E-state index in [1.807, 2.05) is 31.2 Å². The Balaban J connectivity index is 1.49. The number of halogens is 1. The highest BCUT2D eigenvalue weighted by Gasteiger charge is 2.15. The Labute approximate surface area is 239 Å². The molecule has 6 aromatic rings. The van der Waals surface area contributed by atoms with Gasteiger partial charge < -0.3 is 4.57 Å². The molecule has 0 aliphatic carbocycles. The van der Waals surface area contributed by atoms with Crippen LogP contribution in [0, 0.1) is 0 Å². The zero-order valence-corrected chi connectivity index (χ0v) is 23.6. The Morgan fingerprint density at radius 1 is 0.821 bits per heavy atom. The molecule has 2 aromatic heterocycles. The van der Waals surface area contributed by atoms with Crippen LogP contribution < -0.4 is 5.46 Å². The van der Waals surface area contributed by atoms with E-state index in [1.54, 1.807) is 11.3 Å². The second kappa shape index (κ2) is 10.6. The number of aromatic nitrogens is 1. The number of hydrogen-bond acceptors (Lipinski definition) is 1. The monoisotopic (exact) mass is 539 g/mol. The quantitative estimate of drug-likeness (QED) is 0.147. The van der Waals surface area contributed by atoms with Crippen molar-refractivity contribution in [3.05, 3.63) is 138 Å². The minimum Gasteiger partial charge on any atom is -0.309 e. The Kier molecular flexibility index (Phi) is 6.87. The van der Waals surface area contributed by atoms with Crippen LogP contribution in [0.1, 0.15) is 11.8 Å². The Bertz CT molecular complexity index is 1900. The molecule has 0 aliphatic rings. The van der Waals surface area contributed by atoms with Gasteiger partial charge in [0.1, 0.15) is 7.85 Å². The minimum absolute atomic E-state index is 0.749. The smallest absolute Gasteiger partial charge is 0.139 e. The number of benzene rings is 4. The molecular weight excluding hydrogens is 513 g/mol. The van der Waals surface area contributed by atoms with Crippen molar-refractivity contribution >= 4 is 63.6 Å². The lowest BCUT2D eigenvalue weighted by Gasteiger charge is -2.10. The summed E-state index contributed by atoms with van der Waals surface area (Å²) in [6, 6.07) is 34.8. The van der Waals surface area contributed by atoms with E-state index in [1.165, 1.54) is 48.1 Å². The lowest BCUT2D eigenvalue weighted by molar-refractivity contribution is 1.18. The van der Waals surface area contributed by atoms with Crippen LogP contribution in [0.3, 0.4) is 0 Å². The third-order valence-corrected chi connectivity index (χ3v) is 8.50. The minimum atomic E-state index is 0.749. The molecule has 6 rings (SSSR count). The van der Waals surface area contributed by atoms with Crippen LogP contribution >= 0.6 is 22.9 Å². The summed E-state index contributed by atoms with van der Waals surface area (Å²) in [5, 5.41) is 3.25. The van der Waals surface area contributed by atoms with Gasteiger partial charge in [0.25, 0.3) is 0 Å². The van der Waals surface area contributed by atoms with Gasteiger partial charge in [-0.2, -0.15) is 0 Å². The summed E-state index contributed by atoms with van der Waals surface area (Å²) in [6.45, 7) is 6.03. The summed E-state index contributed by atoms with van der Waals surface area (Å²) < 4.78 is 2.38. The molecule has 0 aliphatic heterocycles. The van der Waals surface area contributed by atoms with Gasteiger partial charge >= 0.3 is 0 Å². The Morgan fingerprint density at radius 3 is 2.33 bits per heavy atom. The molecule has 2 heterocycles. The van der Waals surface area contributed by atoms with Gasteiger partial charge in [0, 0.05) is 31.2 Å². The molecule has 188 valence electrons. The van der Waals surface area contributed by atoms with E-state index in [-0.39, 0.29) is 0 Å². The van der Waals surface area contributed by atoms with Gasteiger partial charge in [-0.3, -0.25) is 0 Å². The maximum absolute atomic E-state index is 6.15. The van der Waals surface area contributed by atoms with Gasteiger partial charge in [-0.15, -0.1) is 11.3 Å². The topological polar surface area (TPSA) is 4.93 Å². The van der Waals surface area contributed by atoms with E-state index >= 15 is 0 Å². The van der Waals surface area contributed by atoms with Crippen LogP contribution in [-0.2, 0) is 0 Å². The number of rotatable bonds is 6. The summed E-state index contributed by atoms with van der Waals surface area (Å²) in [7, 11) is 2.16. The molecule has 4 heteroatoms. The fourth-order valence-corrected chi connectivity index (χ4v) is 6.28. The lowest BCUT2D eigenvalue weighted by atomic mass is 9.94. The van der Waals surface area contributed by atoms with Crippen LogP contribution in [0.25, 0.3) is 54.6 Å². The van der Waals surface area contributed by atoms with E-state index in [4.69, 9.17) is 11.6 Å². The van der Waals surface area contributed by atoms with E-state index in [0.717, 1.165) is 21.8 Å². The first-order chi connectivity index (χ1) is 19.1. The van der Waals surface area contributed by atoms with E-state index in [0.29, 0.717) is 0 Å². The number of allylic oxidation sites excluding steroid dienone is 5. The summed E-state index contributed by atoms with van der Waals surface area (Å²) in [4.78, 5) is 2.45.